The van der Waals surface area contributed by atoms with Gasteiger partial charge in [-0.3, -0.25) is 9.89 Å². The van der Waals surface area contributed by atoms with Gasteiger partial charge in [0, 0.05) is 5.56 Å². The minimum absolute atomic E-state index is 0.342. The summed E-state index contributed by atoms with van der Waals surface area (Å²) in [5.41, 5.74) is 6.84. The van der Waals surface area contributed by atoms with Crippen LogP contribution in [0.4, 0.5) is 0 Å². The van der Waals surface area contributed by atoms with Gasteiger partial charge in [0.1, 0.15) is 11.5 Å². The van der Waals surface area contributed by atoms with Gasteiger partial charge < -0.3 is 4.42 Å². The normalized spacial score (nSPS) is 11.0. The third-order valence-corrected chi connectivity index (χ3v) is 3.53. The fraction of sp³-hybridized carbons (Fsp3) is 0.118. The molecule has 0 atom stereocenters. The minimum Gasteiger partial charge on any atom is -0.463 e. The zero-order valence-corrected chi connectivity index (χ0v) is 12.8. The number of nitrogens with one attached hydrogen (secondary N) is 2. The van der Waals surface area contributed by atoms with Crippen LogP contribution in [0, 0.1) is 13.8 Å². The summed E-state index contributed by atoms with van der Waals surface area (Å²) in [6.07, 6.45) is 2.96. The molecule has 2 aromatic heterocycles. The molecule has 0 aliphatic carbocycles. The van der Waals surface area contributed by atoms with E-state index >= 15 is 0 Å². The number of H-pyrrole nitrogens is 1. The number of carbonyl (C=O) groups excluding carboxylic acids is 1. The molecule has 0 aliphatic rings. The van der Waals surface area contributed by atoms with Crippen LogP contribution in [-0.4, -0.2) is 22.3 Å². The summed E-state index contributed by atoms with van der Waals surface area (Å²) < 4.78 is 5.08. The van der Waals surface area contributed by atoms with E-state index in [-0.39, 0.29) is 5.91 Å². The Balaban J connectivity index is 1.70. The second-order valence-electron chi connectivity index (χ2n) is 5.18. The van der Waals surface area contributed by atoms with Crippen molar-refractivity contribution in [2.75, 3.05) is 0 Å². The molecule has 1 amide bonds. The lowest BCUT2D eigenvalue weighted by atomic mass is 10.0. The molecule has 2 N–H and O–H groups in total. The van der Waals surface area contributed by atoms with Crippen molar-refractivity contribution in [1.29, 1.82) is 0 Å². The Morgan fingerprint density at radius 1 is 1.26 bits per heavy atom. The van der Waals surface area contributed by atoms with E-state index in [9.17, 15) is 4.79 Å². The summed E-state index contributed by atoms with van der Waals surface area (Å²) in [5.74, 6) is 0.195. The van der Waals surface area contributed by atoms with Crippen LogP contribution < -0.4 is 5.43 Å². The zero-order valence-electron chi connectivity index (χ0n) is 12.8. The number of benzene rings is 1. The lowest BCUT2D eigenvalue weighted by molar-refractivity contribution is 0.0950. The maximum atomic E-state index is 12.0. The molecule has 3 rings (SSSR count). The van der Waals surface area contributed by atoms with Gasteiger partial charge >= 0.3 is 0 Å². The molecule has 0 saturated carbocycles. The summed E-state index contributed by atoms with van der Waals surface area (Å²) in [7, 11) is 0. The van der Waals surface area contributed by atoms with Gasteiger partial charge in [0.15, 0.2) is 0 Å². The molecule has 1 aromatic carbocycles. The lowest BCUT2D eigenvalue weighted by Gasteiger charge is -2.01. The zero-order chi connectivity index (χ0) is 16.2. The Hall–Kier alpha value is -3.15. The predicted molar refractivity (Wildman–Crippen MR) is 87.3 cm³/mol. The molecular formula is C17H16N4O2. The molecule has 0 bridgehead atoms. The molecule has 3 aromatic rings. The standard InChI is InChI=1S/C17H16N4O2/c1-11-5-6-13(8-12(11)2)15-9-16(20-19-15)17(22)21-18-10-14-4-3-7-23-14/h3-10H,1-2H3,(H,19,20)(H,21,22)/b18-10+. The summed E-state index contributed by atoms with van der Waals surface area (Å²) in [5, 5.41) is 10.7. The van der Waals surface area contributed by atoms with E-state index in [2.05, 4.69) is 27.6 Å². The highest BCUT2D eigenvalue weighted by molar-refractivity contribution is 5.93. The van der Waals surface area contributed by atoms with Crippen LogP contribution in [0.3, 0.4) is 0 Å². The van der Waals surface area contributed by atoms with Crippen LogP contribution in [0.1, 0.15) is 27.4 Å². The number of rotatable bonds is 4. The second kappa shape index (κ2) is 6.31. The van der Waals surface area contributed by atoms with E-state index in [0.29, 0.717) is 17.1 Å². The monoisotopic (exact) mass is 308 g/mol. The molecule has 23 heavy (non-hydrogen) atoms. The van der Waals surface area contributed by atoms with Gasteiger partial charge in [-0.1, -0.05) is 12.1 Å². The first-order valence-corrected chi connectivity index (χ1v) is 7.13. The van der Waals surface area contributed by atoms with Crippen LogP contribution in [0.15, 0.2) is 52.2 Å². The van der Waals surface area contributed by atoms with Crippen molar-refractivity contribution in [3.05, 3.63) is 65.2 Å². The highest BCUT2D eigenvalue weighted by Crippen LogP contribution is 2.20. The minimum atomic E-state index is -0.365. The van der Waals surface area contributed by atoms with E-state index in [4.69, 9.17) is 4.42 Å². The second-order valence-corrected chi connectivity index (χ2v) is 5.18. The fourth-order valence-corrected chi connectivity index (χ4v) is 2.07. The summed E-state index contributed by atoms with van der Waals surface area (Å²) >= 11 is 0. The van der Waals surface area contributed by atoms with E-state index in [1.807, 2.05) is 25.1 Å². The average Bonchev–Trinajstić information content (AvgIpc) is 3.21. The van der Waals surface area contributed by atoms with Crippen LogP contribution in [0.5, 0.6) is 0 Å². The largest absolute Gasteiger partial charge is 0.463 e. The van der Waals surface area contributed by atoms with Crippen molar-refractivity contribution < 1.29 is 9.21 Å². The van der Waals surface area contributed by atoms with E-state index in [1.54, 1.807) is 18.2 Å². The van der Waals surface area contributed by atoms with Gasteiger partial charge in [-0.25, -0.2) is 5.43 Å². The Morgan fingerprint density at radius 2 is 2.13 bits per heavy atom. The lowest BCUT2D eigenvalue weighted by Crippen LogP contribution is -2.17. The Morgan fingerprint density at radius 3 is 2.87 bits per heavy atom. The molecule has 0 spiro atoms. The molecule has 0 fully saturated rings. The number of aryl methyl sites for hydroxylation is 2. The van der Waals surface area contributed by atoms with Crippen molar-refractivity contribution in [3.8, 4) is 11.3 Å². The van der Waals surface area contributed by atoms with Crippen LogP contribution in [0.25, 0.3) is 11.3 Å². The fourth-order valence-electron chi connectivity index (χ4n) is 2.07. The molecule has 0 aliphatic heterocycles. The number of carbonyl (C=O) groups is 1. The third-order valence-electron chi connectivity index (χ3n) is 3.53. The van der Waals surface area contributed by atoms with Crippen molar-refractivity contribution in [3.63, 3.8) is 0 Å². The van der Waals surface area contributed by atoms with E-state index < -0.39 is 0 Å². The van der Waals surface area contributed by atoms with Crippen LogP contribution in [0.2, 0.25) is 0 Å². The Kier molecular flexibility index (Phi) is 4.05. The van der Waals surface area contributed by atoms with Gasteiger partial charge in [-0.2, -0.15) is 10.2 Å². The number of aromatic amines is 1. The molecular weight excluding hydrogens is 292 g/mol. The predicted octanol–water partition coefficient (Wildman–Crippen LogP) is 3.05. The van der Waals surface area contributed by atoms with Gasteiger partial charge in [0.25, 0.3) is 5.91 Å². The molecule has 6 heteroatoms. The Labute approximate surface area is 133 Å². The molecule has 0 radical (unpaired) electrons. The number of aromatic nitrogens is 2. The van der Waals surface area contributed by atoms with E-state index in [1.165, 1.54) is 23.6 Å². The van der Waals surface area contributed by atoms with Crippen LogP contribution >= 0.6 is 0 Å². The van der Waals surface area contributed by atoms with Crippen molar-refractivity contribution in [2.24, 2.45) is 5.10 Å². The van der Waals surface area contributed by atoms with Gasteiger partial charge in [0.2, 0.25) is 0 Å². The summed E-state index contributed by atoms with van der Waals surface area (Å²) in [6, 6.07) is 11.2. The van der Waals surface area contributed by atoms with Gasteiger partial charge in [0.05, 0.1) is 18.2 Å². The highest BCUT2D eigenvalue weighted by Gasteiger charge is 2.10. The molecule has 116 valence electrons. The van der Waals surface area contributed by atoms with Gasteiger partial charge in [-0.05, 0) is 49.2 Å². The first-order valence-electron chi connectivity index (χ1n) is 7.13. The SMILES string of the molecule is Cc1ccc(-c2cc(C(=O)N/N=C/c3ccco3)[nH]n2)cc1C. The maximum Gasteiger partial charge on any atom is 0.289 e. The molecule has 6 nitrogen and oxygen atoms in total. The third kappa shape index (κ3) is 3.37. The molecule has 0 saturated heterocycles. The first kappa shape index (κ1) is 14.8. The van der Waals surface area contributed by atoms with Gasteiger partial charge in [-0.15, -0.1) is 0 Å². The van der Waals surface area contributed by atoms with Crippen molar-refractivity contribution in [1.82, 2.24) is 15.6 Å². The summed E-state index contributed by atoms with van der Waals surface area (Å²) in [6.45, 7) is 4.10. The summed E-state index contributed by atoms with van der Waals surface area (Å²) in [4.78, 5) is 12.0. The molecule has 2 heterocycles. The number of furan rings is 1. The van der Waals surface area contributed by atoms with Crippen LogP contribution in [-0.2, 0) is 0 Å². The maximum absolute atomic E-state index is 12.0. The smallest absolute Gasteiger partial charge is 0.289 e. The average molecular weight is 308 g/mol. The number of nitrogens with zero attached hydrogens (tertiary/aromatic N) is 2. The van der Waals surface area contributed by atoms with Crippen molar-refractivity contribution in [2.45, 2.75) is 13.8 Å². The Bertz CT molecular complexity index is 847. The van der Waals surface area contributed by atoms with E-state index in [0.717, 1.165) is 5.56 Å². The number of hydrogen-bond donors (Lipinski definition) is 2. The highest BCUT2D eigenvalue weighted by atomic mass is 16.3. The topological polar surface area (TPSA) is 83.3 Å². The number of hydrazone groups is 1. The van der Waals surface area contributed by atoms with Crippen molar-refractivity contribution >= 4 is 12.1 Å². The molecule has 0 unspecified atom stereocenters. The number of amides is 1. The number of hydrogen-bond acceptors (Lipinski definition) is 4. The first-order chi connectivity index (χ1) is 11.1. The quantitative estimate of drug-likeness (QED) is 0.574.